The summed E-state index contributed by atoms with van der Waals surface area (Å²) in [5, 5.41) is 20.6. The first-order valence-corrected chi connectivity index (χ1v) is 3.54. The molecule has 0 aliphatic rings. The summed E-state index contributed by atoms with van der Waals surface area (Å²) in [5.41, 5.74) is -3.07. The zero-order chi connectivity index (χ0) is 11.7. The Morgan fingerprint density at radius 2 is 1.43 bits per heavy atom. The van der Waals surface area contributed by atoms with Gasteiger partial charge in [-0.1, -0.05) is 6.92 Å². The highest BCUT2D eigenvalue weighted by Crippen LogP contribution is 2.39. The Hall–Kier alpha value is -1.27. The molecule has 7 heteroatoms. The third kappa shape index (κ3) is 1.97. The van der Waals surface area contributed by atoms with Gasteiger partial charge in [0.25, 0.3) is 0 Å². The van der Waals surface area contributed by atoms with Crippen LogP contribution in [-0.2, 0) is 9.59 Å². The van der Waals surface area contributed by atoms with Crippen LogP contribution in [0.25, 0.3) is 0 Å². The first kappa shape index (κ1) is 12.7. The third-order valence-corrected chi connectivity index (χ3v) is 2.21. The largest absolute Gasteiger partial charge is 0.549 e. The second kappa shape index (κ2) is 3.47. The number of halogens is 3. The molecule has 0 aromatic carbocycles. The number of carbonyl (C=O) groups excluding carboxylic acids is 2. The van der Waals surface area contributed by atoms with E-state index in [4.69, 9.17) is 0 Å². The van der Waals surface area contributed by atoms with Crippen molar-refractivity contribution in [1.29, 1.82) is 0 Å². The van der Waals surface area contributed by atoms with Crippen molar-refractivity contribution in [2.45, 2.75) is 20.0 Å². The van der Waals surface area contributed by atoms with Crippen molar-refractivity contribution in [3.8, 4) is 0 Å². The summed E-state index contributed by atoms with van der Waals surface area (Å²) in [7, 11) is 0. The number of aliphatic carboxylic acids is 2. The number of carboxylic acids is 2. The van der Waals surface area contributed by atoms with E-state index in [2.05, 4.69) is 0 Å². The van der Waals surface area contributed by atoms with E-state index in [0.717, 1.165) is 0 Å². The van der Waals surface area contributed by atoms with E-state index < -0.39 is 29.4 Å². The molecular formula is C7H7F3O4-2. The molecule has 0 aromatic heterocycles. The summed E-state index contributed by atoms with van der Waals surface area (Å²) in [4.78, 5) is 20.6. The fourth-order valence-corrected chi connectivity index (χ4v) is 0.764. The Morgan fingerprint density at radius 1 is 1.14 bits per heavy atom. The number of rotatable bonds is 3. The summed E-state index contributed by atoms with van der Waals surface area (Å²) in [5.74, 6) is -7.21. The SMILES string of the molecule is CC(C(F)(F)F)C(C)(C(=O)[O-])C(=O)[O-]. The van der Waals surface area contributed by atoms with Gasteiger partial charge in [0.1, 0.15) is 0 Å². The Bertz CT molecular complexity index is 244. The van der Waals surface area contributed by atoms with Crippen LogP contribution >= 0.6 is 0 Å². The third-order valence-electron chi connectivity index (χ3n) is 2.21. The van der Waals surface area contributed by atoms with Crippen molar-refractivity contribution in [1.82, 2.24) is 0 Å². The maximum absolute atomic E-state index is 12.1. The van der Waals surface area contributed by atoms with Crippen LogP contribution in [0.4, 0.5) is 13.2 Å². The summed E-state index contributed by atoms with van der Waals surface area (Å²) < 4.78 is 36.2. The molecule has 82 valence electrons. The van der Waals surface area contributed by atoms with Gasteiger partial charge in [-0.3, -0.25) is 0 Å². The average Bonchev–Trinajstić information content (AvgIpc) is 1.99. The highest BCUT2D eigenvalue weighted by Gasteiger charge is 2.49. The summed E-state index contributed by atoms with van der Waals surface area (Å²) >= 11 is 0. The van der Waals surface area contributed by atoms with Crippen molar-refractivity contribution < 1.29 is 33.0 Å². The van der Waals surface area contributed by atoms with E-state index >= 15 is 0 Å². The standard InChI is InChI=1S/C7H9F3O4/c1-3(7(8,9)10)6(2,4(11)12)5(13)14/h3H,1-2H3,(H,11,12)(H,13,14)/p-2. The van der Waals surface area contributed by atoms with Gasteiger partial charge < -0.3 is 19.8 Å². The van der Waals surface area contributed by atoms with Crippen LogP contribution in [0, 0.1) is 11.3 Å². The van der Waals surface area contributed by atoms with E-state index in [1.165, 1.54) is 0 Å². The van der Waals surface area contributed by atoms with Crippen molar-refractivity contribution in [2.24, 2.45) is 11.3 Å². The van der Waals surface area contributed by atoms with Gasteiger partial charge in [0, 0.05) is 0 Å². The number of hydrogen-bond acceptors (Lipinski definition) is 4. The second-order valence-electron chi connectivity index (χ2n) is 3.04. The number of alkyl halides is 3. The van der Waals surface area contributed by atoms with Crippen LogP contribution in [0.15, 0.2) is 0 Å². The molecule has 0 aromatic rings. The first-order valence-electron chi connectivity index (χ1n) is 3.54. The van der Waals surface area contributed by atoms with Crippen LogP contribution in [0.3, 0.4) is 0 Å². The van der Waals surface area contributed by atoms with Crippen molar-refractivity contribution in [2.75, 3.05) is 0 Å². The fraction of sp³-hybridized carbons (Fsp3) is 0.714. The zero-order valence-corrected chi connectivity index (χ0v) is 7.34. The normalized spacial score (nSPS) is 14.9. The van der Waals surface area contributed by atoms with Gasteiger partial charge in [0.2, 0.25) is 0 Å². The molecule has 0 saturated carbocycles. The lowest BCUT2D eigenvalue weighted by Gasteiger charge is -2.38. The molecule has 14 heavy (non-hydrogen) atoms. The van der Waals surface area contributed by atoms with Gasteiger partial charge in [-0.05, 0) is 6.92 Å². The molecule has 0 aliphatic heterocycles. The van der Waals surface area contributed by atoms with E-state index in [0.29, 0.717) is 13.8 Å². The lowest BCUT2D eigenvalue weighted by molar-refractivity contribution is -0.353. The minimum absolute atomic E-state index is 0.413. The van der Waals surface area contributed by atoms with E-state index in [1.807, 2.05) is 0 Å². The highest BCUT2D eigenvalue weighted by molar-refractivity contribution is 5.96. The number of hydrogen-bond donors (Lipinski definition) is 0. The van der Waals surface area contributed by atoms with Gasteiger partial charge in [0.05, 0.1) is 23.3 Å². The Morgan fingerprint density at radius 3 is 1.50 bits per heavy atom. The molecule has 0 amide bonds. The molecule has 0 fully saturated rings. The van der Waals surface area contributed by atoms with Crippen LogP contribution in [0.2, 0.25) is 0 Å². The van der Waals surface area contributed by atoms with Crippen molar-refractivity contribution in [3.63, 3.8) is 0 Å². The van der Waals surface area contributed by atoms with Crippen LogP contribution in [0.1, 0.15) is 13.8 Å². The summed E-state index contributed by atoms with van der Waals surface area (Å²) in [6.45, 7) is 0.863. The molecular weight excluding hydrogens is 205 g/mol. The topological polar surface area (TPSA) is 80.3 Å². The fourth-order valence-electron chi connectivity index (χ4n) is 0.764. The molecule has 4 nitrogen and oxygen atoms in total. The summed E-state index contributed by atoms with van der Waals surface area (Å²) in [6, 6.07) is 0. The van der Waals surface area contributed by atoms with Gasteiger partial charge in [-0.25, -0.2) is 0 Å². The second-order valence-corrected chi connectivity index (χ2v) is 3.04. The quantitative estimate of drug-likeness (QED) is 0.544. The highest BCUT2D eigenvalue weighted by atomic mass is 19.4. The molecule has 1 atom stereocenters. The van der Waals surface area contributed by atoms with E-state index in [1.54, 1.807) is 0 Å². The Kier molecular flexibility index (Phi) is 3.15. The van der Waals surface area contributed by atoms with Crippen LogP contribution in [0.5, 0.6) is 0 Å². The van der Waals surface area contributed by atoms with Crippen LogP contribution in [-0.4, -0.2) is 18.1 Å². The minimum atomic E-state index is -4.94. The van der Waals surface area contributed by atoms with Gasteiger partial charge in [-0.2, -0.15) is 13.2 Å². The number of carboxylic acid groups (broad SMARTS) is 2. The zero-order valence-electron chi connectivity index (χ0n) is 7.34. The van der Waals surface area contributed by atoms with E-state index in [-0.39, 0.29) is 0 Å². The molecule has 0 aliphatic carbocycles. The van der Waals surface area contributed by atoms with Crippen LogP contribution < -0.4 is 10.2 Å². The maximum atomic E-state index is 12.1. The molecule has 0 radical (unpaired) electrons. The maximum Gasteiger partial charge on any atom is 0.392 e. The predicted octanol–water partition coefficient (Wildman–Crippen LogP) is -1.31. The molecule has 0 spiro atoms. The minimum Gasteiger partial charge on any atom is -0.549 e. The lowest BCUT2D eigenvalue weighted by Crippen LogP contribution is -2.58. The molecule has 0 bridgehead atoms. The summed E-state index contributed by atoms with van der Waals surface area (Å²) in [6.07, 6.45) is -4.94. The Labute approximate surface area is 77.3 Å². The molecule has 0 heterocycles. The molecule has 0 rings (SSSR count). The van der Waals surface area contributed by atoms with E-state index in [9.17, 15) is 33.0 Å². The van der Waals surface area contributed by atoms with Gasteiger partial charge in [0.15, 0.2) is 0 Å². The molecule has 0 saturated heterocycles. The molecule has 1 unspecified atom stereocenters. The number of carbonyl (C=O) groups is 2. The monoisotopic (exact) mass is 212 g/mol. The Balaban J connectivity index is 5.24. The first-order chi connectivity index (χ1) is 6.04. The van der Waals surface area contributed by atoms with Crippen molar-refractivity contribution >= 4 is 11.9 Å². The van der Waals surface area contributed by atoms with Gasteiger partial charge >= 0.3 is 6.18 Å². The average molecular weight is 212 g/mol. The van der Waals surface area contributed by atoms with Crippen molar-refractivity contribution in [3.05, 3.63) is 0 Å². The smallest absolute Gasteiger partial charge is 0.392 e. The lowest BCUT2D eigenvalue weighted by atomic mass is 9.77. The predicted molar refractivity (Wildman–Crippen MR) is 33.3 cm³/mol. The molecule has 0 N–H and O–H groups in total. The van der Waals surface area contributed by atoms with Gasteiger partial charge in [-0.15, -0.1) is 0 Å².